The molecule has 1 unspecified atom stereocenters. The lowest BCUT2D eigenvalue weighted by Crippen LogP contribution is -2.32. The Kier molecular flexibility index (Phi) is 5.79. The van der Waals surface area contributed by atoms with Gasteiger partial charge < -0.3 is 9.73 Å². The van der Waals surface area contributed by atoms with E-state index in [2.05, 4.69) is 5.32 Å². The van der Waals surface area contributed by atoms with Gasteiger partial charge in [-0.15, -0.1) is 0 Å². The molecule has 3 aromatic rings. The van der Waals surface area contributed by atoms with Gasteiger partial charge in [0, 0.05) is 11.1 Å². The Morgan fingerprint density at radius 3 is 2.55 bits per heavy atom. The molecule has 0 aliphatic heterocycles. The van der Waals surface area contributed by atoms with Gasteiger partial charge in [-0.1, -0.05) is 18.2 Å². The molecule has 154 valence electrons. The normalized spacial score (nSPS) is 13.0. The van der Waals surface area contributed by atoms with Crippen LogP contribution < -0.4 is 10.5 Å². The number of hydrogen-bond acceptors (Lipinski definition) is 5. The van der Waals surface area contributed by atoms with E-state index in [1.807, 2.05) is 56.1 Å². The van der Waals surface area contributed by atoms with Crippen LogP contribution in [0.1, 0.15) is 29.9 Å². The SMILES string of the molecule is Cc1cc(S(N)(=O)=O)cc(NC(=O)CN(C)C(C)c2cc3ccccc3o2)c1C. The van der Waals surface area contributed by atoms with Gasteiger partial charge in [-0.25, -0.2) is 13.6 Å². The Bertz CT molecular complexity index is 1130. The molecule has 0 fully saturated rings. The number of amides is 1. The molecule has 0 aliphatic carbocycles. The molecule has 2 aromatic carbocycles. The molecule has 3 rings (SSSR count). The first kappa shape index (κ1) is 21.0. The number of aryl methyl sites for hydroxylation is 1. The number of sulfonamides is 1. The number of primary sulfonamides is 1. The minimum Gasteiger partial charge on any atom is -0.459 e. The zero-order chi connectivity index (χ0) is 21.3. The first-order valence-corrected chi connectivity index (χ1v) is 10.7. The summed E-state index contributed by atoms with van der Waals surface area (Å²) in [5.74, 6) is 0.509. The molecule has 3 N–H and O–H groups in total. The minimum atomic E-state index is -3.86. The van der Waals surface area contributed by atoms with Gasteiger partial charge >= 0.3 is 0 Å². The van der Waals surface area contributed by atoms with E-state index in [4.69, 9.17) is 9.56 Å². The zero-order valence-electron chi connectivity index (χ0n) is 16.9. The Balaban J connectivity index is 1.74. The highest BCUT2D eigenvalue weighted by molar-refractivity contribution is 7.89. The van der Waals surface area contributed by atoms with E-state index in [1.54, 1.807) is 6.92 Å². The van der Waals surface area contributed by atoms with Crippen LogP contribution in [0.15, 0.2) is 51.8 Å². The van der Waals surface area contributed by atoms with Crippen molar-refractivity contribution in [3.05, 3.63) is 59.4 Å². The summed E-state index contributed by atoms with van der Waals surface area (Å²) in [5.41, 5.74) is 2.76. The molecule has 8 heteroatoms. The molecule has 29 heavy (non-hydrogen) atoms. The molecular weight excluding hydrogens is 390 g/mol. The number of furan rings is 1. The minimum absolute atomic E-state index is 0.0279. The number of hydrogen-bond donors (Lipinski definition) is 2. The summed E-state index contributed by atoms with van der Waals surface area (Å²) in [4.78, 5) is 14.4. The lowest BCUT2D eigenvalue weighted by atomic mass is 10.1. The number of para-hydroxylation sites is 1. The molecular formula is C21H25N3O4S. The van der Waals surface area contributed by atoms with Crippen LogP contribution in [0.2, 0.25) is 0 Å². The second kappa shape index (κ2) is 7.98. The standard InChI is InChI=1S/C21H25N3O4S/c1-13-9-17(29(22,26)27)11-18(14(13)2)23-21(25)12-24(4)15(3)20-10-16-7-5-6-8-19(16)28-20/h5-11,15H,12H2,1-4H3,(H,23,25)(H2,22,26,27). The summed E-state index contributed by atoms with van der Waals surface area (Å²) < 4.78 is 29.2. The highest BCUT2D eigenvalue weighted by Gasteiger charge is 2.20. The van der Waals surface area contributed by atoms with Crippen LogP contribution >= 0.6 is 0 Å². The molecule has 0 saturated heterocycles. The van der Waals surface area contributed by atoms with Crippen LogP contribution in [-0.2, 0) is 14.8 Å². The van der Waals surface area contributed by atoms with Crippen LogP contribution in [-0.4, -0.2) is 32.8 Å². The molecule has 0 aliphatic rings. The topological polar surface area (TPSA) is 106 Å². The fraction of sp³-hybridized carbons (Fsp3) is 0.286. The summed E-state index contributed by atoms with van der Waals surface area (Å²) >= 11 is 0. The first-order chi connectivity index (χ1) is 13.6. The summed E-state index contributed by atoms with van der Waals surface area (Å²) in [6.07, 6.45) is 0. The van der Waals surface area contributed by atoms with Gasteiger partial charge in [0.2, 0.25) is 15.9 Å². The van der Waals surface area contributed by atoms with Crippen molar-refractivity contribution in [2.24, 2.45) is 5.14 Å². The quantitative estimate of drug-likeness (QED) is 0.642. The second-order valence-electron chi connectivity index (χ2n) is 7.28. The van der Waals surface area contributed by atoms with Crippen LogP contribution in [0.25, 0.3) is 11.0 Å². The maximum atomic E-state index is 12.6. The van der Waals surface area contributed by atoms with E-state index < -0.39 is 10.0 Å². The maximum absolute atomic E-state index is 12.6. The van der Waals surface area contributed by atoms with Crippen LogP contribution in [0, 0.1) is 13.8 Å². The van der Waals surface area contributed by atoms with Crippen molar-refractivity contribution in [2.75, 3.05) is 18.9 Å². The van der Waals surface area contributed by atoms with Gasteiger partial charge in [0.05, 0.1) is 17.5 Å². The molecule has 0 spiro atoms. The summed E-state index contributed by atoms with van der Waals surface area (Å²) in [5, 5.41) is 9.04. The lowest BCUT2D eigenvalue weighted by Gasteiger charge is -2.22. The second-order valence-corrected chi connectivity index (χ2v) is 8.85. The number of carbonyl (C=O) groups excluding carboxylic acids is 1. The predicted octanol–water partition coefficient (Wildman–Crippen LogP) is 3.33. The molecule has 1 amide bonds. The third kappa shape index (κ3) is 4.67. The molecule has 1 atom stereocenters. The van der Waals surface area contributed by atoms with E-state index in [-0.39, 0.29) is 23.4 Å². The van der Waals surface area contributed by atoms with Gasteiger partial charge in [0.15, 0.2) is 0 Å². The van der Waals surface area contributed by atoms with Crippen molar-refractivity contribution >= 4 is 32.6 Å². The average Bonchev–Trinajstić information content (AvgIpc) is 3.07. The number of nitrogens with two attached hydrogens (primary N) is 1. The maximum Gasteiger partial charge on any atom is 0.238 e. The van der Waals surface area contributed by atoms with Gasteiger partial charge in [-0.05, 0) is 63.2 Å². The van der Waals surface area contributed by atoms with Gasteiger partial charge in [-0.3, -0.25) is 9.69 Å². The van der Waals surface area contributed by atoms with Gasteiger partial charge in [0.25, 0.3) is 0 Å². The first-order valence-electron chi connectivity index (χ1n) is 9.19. The van der Waals surface area contributed by atoms with E-state index >= 15 is 0 Å². The smallest absolute Gasteiger partial charge is 0.238 e. The fourth-order valence-electron chi connectivity index (χ4n) is 3.10. The molecule has 1 aromatic heterocycles. The number of nitrogens with one attached hydrogen (secondary N) is 1. The van der Waals surface area contributed by atoms with E-state index in [1.165, 1.54) is 12.1 Å². The molecule has 1 heterocycles. The van der Waals surface area contributed by atoms with Crippen molar-refractivity contribution in [2.45, 2.75) is 31.7 Å². The van der Waals surface area contributed by atoms with Gasteiger partial charge in [0.1, 0.15) is 11.3 Å². The highest BCUT2D eigenvalue weighted by atomic mass is 32.2. The van der Waals surface area contributed by atoms with Crippen molar-refractivity contribution in [1.29, 1.82) is 0 Å². The van der Waals surface area contributed by atoms with Crippen LogP contribution in [0.5, 0.6) is 0 Å². The number of nitrogens with zero attached hydrogens (tertiary/aromatic N) is 1. The molecule has 0 saturated carbocycles. The lowest BCUT2D eigenvalue weighted by molar-refractivity contribution is -0.117. The fourth-order valence-corrected chi connectivity index (χ4v) is 3.72. The molecule has 0 radical (unpaired) electrons. The Morgan fingerprint density at radius 2 is 1.90 bits per heavy atom. The van der Waals surface area contributed by atoms with Gasteiger partial charge in [-0.2, -0.15) is 0 Å². The largest absolute Gasteiger partial charge is 0.459 e. The Labute approximate surface area is 170 Å². The summed E-state index contributed by atoms with van der Waals surface area (Å²) in [6, 6.07) is 12.5. The zero-order valence-corrected chi connectivity index (χ0v) is 17.7. The van der Waals surface area contributed by atoms with Crippen LogP contribution in [0.3, 0.4) is 0 Å². The van der Waals surface area contributed by atoms with Crippen molar-refractivity contribution < 1.29 is 17.6 Å². The van der Waals surface area contributed by atoms with E-state index in [9.17, 15) is 13.2 Å². The average molecular weight is 416 g/mol. The molecule has 0 bridgehead atoms. The Morgan fingerprint density at radius 1 is 1.21 bits per heavy atom. The third-order valence-electron chi connectivity index (χ3n) is 5.15. The summed E-state index contributed by atoms with van der Waals surface area (Å²) in [6.45, 7) is 5.66. The predicted molar refractivity (Wildman–Crippen MR) is 113 cm³/mol. The number of fused-ring (bicyclic) bond motifs is 1. The number of likely N-dealkylation sites (N-methyl/N-ethyl adjacent to an activating group) is 1. The van der Waals surface area contributed by atoms with Crippen molar-refractivity contribution in [3.8, 4) is 0 Å². The molecule has 7 nitrogen and oxygen atoms in total. The number of benzene rings is 2. The third-order valence-corrected chi connectivity index (χ3v) is 6.05. The number of carbonyl (C=O) groups is 1. The van der Waals surface area contributed by atoms with E-state index in [0.717, 1.165) is 27.9 Å². The van der Waals surface area contributed by atoms with Crippen molar-refractivity contribution in [1.82, 2.24) is 4.90 Å². The number of anilines is 1. The van der Waals surface area contributed by atoms with E-state index in [0.29, 0.717) is 5.69 Å². The van der Waals surface area contributed by atoms with Crippen LogP contribution in [0.4, 0.5) is 5.69 Å². The van der Waals surface area contributed by atoms with Crippen molar-refractivity contribution in [3.63, 3.8) is 0 Å². The monoisotopic (exact) mass is 415 g/mol. The number of rotatable bonds is 6. The Hall–Kier alpha value is -2.68. The summed E-state index contributed by atoms with van der Waals surface area (Å²) in [7, 11) is -2.03. The highest BCUT2D eigenvalue weighted by Crippen LogP contribution is 2.27.